The van der Waals surface area contributed by atoms with Gasteiger partial charge in [-0.25, -0.2) is 0 Å². The van der Waals surface area contributed by atoms with Gasteiger partial charge in [0.25, 0.3) is 0 Å². The second-order valence-corrected chi connectivity index (χ2v) is 10.7. The van der Waals surface area contributed by atoms with E-state index in [0.29, 0.717) is 0 Å². The maximum Gasteiger partial charge on any atom is -0.0111 e. The van der Waals surface area contributed by atoms with Crippen molar-refractivity contribution >= 4 is 10.8 Å². The fraction of sp³-hybridized carbons (Fsp3) is 0.706. The molecule has 0 aromatic heterocycles. The van der Waals surface area contributed by atoms with Crippen LogP contribution in [0.1, 0.15) is 152 Å². The van der Waals surface area contributed by atoms with Gasteiger partial charge in [-0.15, -0.1) is 0 Å². The van der Waals surface area contributed by atoms with Gasteiger partial charge in [0, 0.05) is 0 Å². The van der Waals surface area contributed by atoms with Crippen LogP contribution in [0.3, 0.4) is 0 Å². The number of hydrogen-bond acceptors (Lipinski definition) is 0. The minimum atomic E-state index is 1.25. The Bertz CT molecular complexity index is 835. The van der Waals surface area contributed by atoms with Gasteiger partial charge in [-0.05, 0) is 121 Å². The first-order valence-corrected chi connectivity index (χ1v) is 15.3. The lowest BCUT2D eigenvalue weighted by molar-refractivity contribution is 0.722. The smallest absolute Gasteiger partial charge is 0.0111 e. The molecule has 0 unspecified atom stereocenters. The van der Waals surface area contributed by atoms with Crippen LogP contribution in [0.2, 0.25) is 0 Å². The number of aryl methyl sites for hydroxylation is 4. The van der Waals surface area contributed by atoms with E-state index in [9.17, 15) is 0 Å². The Morgan fingerprint density at radius 1 is 0.382 bits per heavy atom. The van der Waals surface area contributed by atoms with Crippen LogP contribution in [-0.2, 0) is 38.5 Å². The first-order valence-electron chi connectivity index (χ1n) is 15.3. The minimum absolute atomic E-state index is 1.25. The third-order valence-corrected chi connectivity index (χ3v) is 7.83. The van der Waals surface area contributed by atoms with Gasteiger partial charge in [0.2, 0.25) is 0 Å². The van der Waals surface area contributed by atoms with E-state index in [-0.39, 0.29) is 0 Å². The molecule has 192 valence electrons. The average Bonchev–Trinajstić information content (AvgIpc) is 2.86. The van der Waals surface area contributed by atoms with E-state index in [4.69, 9.17) is 0 Å². The quantitative estimate of drug-likeness (QED) is 0.206. The number of unbranched alkanes of at least 4 members (excludes halogenated alkanes) is 6. The summed E-state index contributed by atoms with van der Waals surface area (Å²) in [6.45, 7) is 14.1. The van der Waals surface area contributed by atoms with Crippen LogP contribution < -0.4 is 0 Å². The Balaban J connectivity index is 2.94. The van der Waals surface area contributed by atoms with Crippen LogP contribution in [0.15, 0.2) is 12.1 Å². The summed E-state index contributed by atoms with van der Waals surface area (Å²) in [7, 11) is 0. The predicted molar refractivity (Wildman–Crippen MR) is 156 cm³/mol. The molecule has 0 saturated heterocycles. The van der Waals surface area contributed by atoms with Gasteiger partial charge in [0.05, 0.1) is 0 Å². The molecule has 0 radical (unpaired) electrons. The Kier molecular flexibility index (Phi) is 13.9. The fourth-order valence-electron chi connectivity index (χ4n) is 5.78. The SMILES string of the molecule is CCCCc1ccc2c(CCCC)c(CCCC)c(CCCC)c(CCCC)c2c1CCCC. The van der Waals surface area contributed by atoms with Crippen molar-refractivity contribution in [2.75, 3.05) is 0 Å². The second kappa shape index (κ2) is 16.4. The molecule has 0 bridgehead atoms. The normalized spacial score (nSPS) is 11.6. The number of benzene rings is 2. The molecule has 0 heterocycles. The third-order valence-electron chi connectivity index (χ3n) is 7.83. The molecular formula is C34H56. The van der Waals surface area contributed by atoms with E-state index in [1.54, 1.807) is 44.2 Å². The summed E-state index contributed by atoms with van der Waals surface area (Å²) in [6.07, 6.45) is 23.3. The van der Waals surface area contributed by atoms with Crippen LogP contribution in [0.4, 0.5) is 0 Å². The van der Waals surface area contributed by atoms with Gasteiger partial charge >= 0.3 is 0 Å². The average molecular weight is 465 g/mol. The molecule has 0 saturated carbocycles. The molecule has 0 amide bonds. The molecule has 0 spiro atoms. The van der Waals surface area contributed by atoms with Crippen LogP contribution in [0, 0.1) is 0 Å². The van der Waals surface area contributed by atoms with Crippen LogP contribution in [0.25, 0.3) is 10.8 Å². The van der Waals surface area contributed by atoms with E-state index < -0.39 is 0 Å². The summed E-state index contributed by atoms with van der Waals surface area (Å²) in [4.78, 5) is 0. The fourth-order valence-corrected chi connectivity index (χ4v) is 5.78. The molecule has 2 rings (SSSR count). The highest BCUT2D eigenvalue weighted by molar-refractivity contribution is 5.95. The van der Waals surface area contributed by atoms with Gasteiger partial charge in [-0.2, -0.15) is 0 Å². The monoisotopic (exact) mass is 464 g/mol. The van der Waals surface area contributed by atoms with E-state index in [2.05, 4.69) is 53.7 Å². The second-order valence-electron chi connectivity index (χ2n) is 10.7. The van der Waals surface area contributed by atoms with Crippen molar-refractivity contribution in [1.82, 2.24) is 0 Å². The molecule has 0 aliphatic heterocycles. The minimum Gasteiger partial charge on any atom is -0.0654 e. The lowest BCUT2D eigenvalue weighted by Gasteiger charge is -2.26. The molecular weight excluding hydrogens is 408 g/mol. The number of hydrogen-bond donors (Lipinski definition) is 0. The molecule has 0 nitrogen and oxygen atoms in total. The Labute approximate surface area is 213 Å². The Morgan fingerprint density at radius 3 is 1.26 bits per heavy atom. The van der Waals surface area contributed by atoms with Crippen molar-refractivity contribution < 1.29 is 0 Å². The predicted octanol–water partition coefficient (Wildman–Crippen LogP) is 10.9. The summed E-state index contributed by atoms with van der Waals surface area (Å²) in [6, 6.07) is 5.10. The zero-order valence-electron chi connectivity index (χ0n) is 23.9. The summed E-state index contributed by atoms with van der Waals surface area (Å²) in [5.74, 6) is 0. The zero-order valence-corrected chi connectivity index (χ0v) is 23.9. The molecule has 2 aromatic carbocycles. The first kappa shape index (κ1) is 28.9. The molecule has 0 heteroatoms. The number of rotatable bonds is 18. The van der Waals surface area contributed by atoms with E-state index >= 15 is 0 Å². The van der Waals surface area contributed by atoms with Crippen LogP contribution in [-0.4, -0.2) is 0 Å². The molecule has 0 aliphatic rings. The van der Waals surface area contributed by atoms with E-state index in [1.165, 1.54) is 116 Å². The lowest BCUT2D eigenvalue weighted by atomic mass is 9.78. The standard InChI is InChI=1S/C34H56/c1-7-13-19-27-25-26-33-31(23-17-11-5)29(21-15-9-3)30(22-16-10-4)32(24-18-12-6)34(33)28(27)20-14-8-2/h25-26H,7-24H2,1-6H3. The van der Waals surface area contributed by atoms with Crippen molar-refractivity contribution in [2.45, 2.75) is 157 Å². The molecule has 2 aromatic rings. The van der Waals surface area contributed by atoms with Crippen molar-refractivity contribution in [1.29, 1.82) is 0 Å². The maximum absolute atomic E-state index is 2.56. The molecule has 0 N–H and O–H groups in total. The third kappa shape index (κ3) is 7.60. The Hall–Kier alpha value is -1.30. The maximum atomic E-state index is 2.56. The van der Waals surface area contributed by atoms with Crippen LogP contribution >= 0.6 is 0 Å². The van der Waals surface area contributed by atoms with Gasteiger partial charge in [0.15, 0.2) is 0 Å². The highest BCUT2D eigenvalue weighted by Crippen LogP contribution is 2.39. The van der Waals surface area contributed by atoms with Gasteiger partial charge in [0.1, 0.15) is 0 Å². The summed E-state index contributed by atoms with van der Waals surface area (Å²) < 4.78 is 0. The van der Waals surface area contributed by atoms with Crippen molar-refractivity contribution in [3.05, 3.63) is 45.5 Å². The Morgan fingerprint density at radius 2 is 0.765 bits per heavy atom. The van der Waals surface area contributed by atoms with Gasteiger partial charge in [-0.3, -0.25) is 0 Å². The van der Waals surface area contributed by atoms with Crippen LogP contribution in [0.5, 0.6) is 0 Å². The van der Waals surface area contributed by atoms with E-state index in [0.717, 1.165) is 0 Å². The molecule has 0 fully saturated rings. The van der Waals surface area contributed by atoms with Crippen molar-refractivity contribution in [2.24, 2.45) is 0 Å². The van der Waals surface area contributed by atoms with Gasteiger partial charge < -0.3 is 0 Å². The molecule has 0 aliphatic carbocycles. The summed E-state index contributed by atoms with van der Waals surface area (Å²) in [5.41, 5.74) is 10.4. The molecule has 34 heavy (non-hydrogen) atoms. The summed E-state index contributed by atoms with van der Waals surface area (Å²) in [5, 5.41) is 3.35. The highest BCUT2D eigenvalue weighted by atomic mass is 14.3. The summed E-state index contributed by atoms with van der Waals surface area (Å²) >= 11 is 0. The topological polar surface area (TPSA) is 0 Å². The molecule has 0 atom stereocenters. The van der Waals surface area contributed by atoms with Gasteiger partial charge in [-0.1, -0.05) is 92.2 Å². The largest absolute Gasteiger partial charge is 0.0654 e. The number of fused-ring (bicyclic) bond motifs is 1. The van der Waals surface area contributed by atoms with Crippen molar-refractivity contribution in [3.63, 3.8) is 0 Å². The zero-order chi connectivity index (χ0) is 24.8. The lowest BCUT2D eigenvalue weighted by Crippen LogP contribution is -2.11. The highest BCUT2D eigenvalue weighted by Gasteiger charge is 2.21. The first-order chi connectivity index (χ1) is 16.7. The van der Waals surface area contributed by atoms with E-state index in [1.807, 2.05) is 0 Å². The van der Waals surface area contributed by atoms with Crippen molar-refractivity contribution in [3.8, 4) is 0 Å².